The van der Waals surface area contributed by atoms with Gasteiger partial charge in [0.15, 0.2) is 0 Å². The van der Waals surface area contributed by atoms with Crippen molar-refractivity contribution in [1.29, 1.82) is 0 Å². The van der Waals surface area contributed by atoms with Gasteiger partial charge in [-0.3, -0.25) is 4.68 Å². The van der Waals surface area contributed by atoms with Crippen LogP contribution in [0.25, 0.3) is 17.0 Å². The molecule has 0 saturated heterocycles. The molecule has 0 bridgehead atoms. The lowest BCUT2D eigenvalue weighted by molar-refractivity contribution is 0.0526. The highest BCUT2D eigenvalue weighted by Gasteiger charge is 2.21. The molecule has 3 heterocycles. The number of esters is 1. The van der Waals surface area contributed by atoms with Crippen molar-refractivity contribution in [3.05, 3.63) is 24.2 Å². The zero-order valence-electron chi connectivity index (χ0n) is 16.8. The topological polar surface area (TPSA) is 97.0 Å². The fraction of sp³-hybridized carbons (Fsp3) is 0.526. The molecule has 0 aliphatic carbocycles. The number of ether oxygens (including phenoxy) is 2. The maximum atomic E-state index is 11.9. The predicted molar refractivity (Wildman–Crippen MR) is 104 cm³/mol. The van der Waals surface area contributed by atoms with E-state index in [0.717, 1.165) is 31.2 Å². The quantitative estimate of drug-likeness (QED) is 0.520. The van der Waals surface area contributed by atoms with Crippen LogP contribution in [0, 0.1) is 0 Å². The number of aromatic nitrogens is 6. The maximum Gasteiger partial charge on any atom is 0.341 e. The number of rotatable bonds is 9. The summed E-state index contributed by atoms with van der Waals surface area (Å²) in [6.07, 6.45) is 8.88. The average Bonchev–Trinajstić information content (AvgIpc) is 3.34. The lowest BCUT2D eigenvalue weighted by atomic mass is 10.1. The Balaban J connectivity index is 2.02. The van der Waals surface area contributed by atoms with Crippen LogP contribution >= 0.6 is 0 Å². The van der Waals surface area contributed by atoms with Crippen LogP contribution in [0.15, 0.2) is 18.6 Å². The first-order chi connectivity index (χ1) is 13.6. The molecule has 0 amide bonds. The van der Waals surface area contributed by atoms with Crippen molar-refractivity contribution < 1.29 is 14.3 Å². The summed E-state index contributed by atoms with van der Waals surface area (Å²) in [6.45, 7) is 6.39. The van der Waals surface area contributed by atoms with E-state index >= 15 is 0 Å². The Morgan fingerprint density at radius 3 is 2.50 bits per heavy atom. The second-order valence-electron chi connectivity index (χ2n) is 6.48. The number of carbonyl (C=O) groups excluding carboxylic acids is 1. The second kappa shape index (κ2) is 8.81. The van der Waals surface area contributed by atoms with Crippen molar-refractivity contribution in [2.45, 2.75) is 52.5 Å². The minimum atomic E-state index is -0.434. The van der Waals surface area contributed by atoms with Crippen LogP contribution < -0.4 is 4.74 Å². The summed E-state index contributed by atoms with van der Waals surface area (Å²) in [5.74, 6) is 0.307. The first kappa shape index (κ1) is 19.8. The van der Waals surface area contributed by atoms with Crippen molar-refractivity contribution in [1.82, 2.24) is 29.5 Å². The van der Waals surface area contributed by atoms with E-state index in [-0.39, 0.29) is 6.04 Å². The summed E-state index contributed by atoms with van der Waals surface area (Å²) in [7, 11) is 1.57. The molecule has 0 aliphatic heterocycles. The molecule has 0 spiro atoms. The molecule has 28 heavy (non-hydrogen) atoms. The lowest BCUT2D eigenvalue weighted by Crippen LogP contribution is -2.12. The number of nitrogens with zero attached hydrogens (tertiary/aromatic N) is 6. The molecule has 0 fully saturated rings. The molecule has 0 unspecified atom stereocenters. The van der Waals surface area contributed by atoms with Crippen molar-refractivity contribution in [3.63, 3.8) is 0 Å². The fourth-order valence-corrected chi connectivity index (χ4v) is 3.25. The van der Waals surface area contributed by atoms with E-state index in [1.165, 1.54) is 10.9 Å². The molecular weight excluding hydrogens is 360 g/mol. The second-order valence-corrected chi connectivity index (χ2v) is 6.48. The normalized spacial score (nSPS) is 11.3. The third kappa shape index (κ3) is 3.83. The van der Waals surface area contributed by atoms with Crippen LogP contribution in [-0.2, 0) is 4.74 Å². The van der Waals surface area contributed by atoms with Gasteiger partial charge in [-0.05, 0) is 19.8 Å². The predicted octanol–water partition coefficient (Wildman–Crippen LogP) is 3.34. The highest BCUT2D eigenvalue weighted by molar-refractivity contribution is 5.88. The summed E-state index contributed by atoms with van der Waals surface area (Å²) >= 11 is 0. The van der Waals surface area contributed by atoms with E-state index in [4.69, 9.17) is 9.47 Å². The highest BCUT2D eigenvalue weighted by atomic mass is 16.5. The van der Waals surface area contributed by atoms with Crippen LogP contribution in [0.4, 0.5) is 0 Å². The van der Waals surface area contributed by atoms with E-state index in [9.17, 15) is 4.79 Å². The SMILES string of the molecule is CCCC(CCC)n1ncc2nc(-n3cc(C(=O)OCC)cn3)nc(OC)c21. The summed E-state index contributed by atoms with van der Waals surface area (Å²) in [5.41, 5.74) is 1.79. The van der Waals surface area contributed by atoms with E-state index in [1.54, 1.807) is 26.4 Å². The van der Waals surface area contributed by atoms with Crippen molar-refractivity contribution in [2.75, 3.05) is 13.7 Å². The minimum Gasteiger partial charge on any atom is -0.479 e. The highest BCUT2D eigenvalue weighted by Crippen LogP contribution is 2.29. The van der Waals surface area contributed by atoms with Gasteiger partial charge in [0.1, 0.15) is 11.0 Å². The molecular formula is C19H26N6O3. The summed E-state index contributed by atoms with van der Waals surface area (Å²) < 4.78 is 13.9. The number of hydrogen-bond acceptors (Lipinski definition) is 7. The first-order valence-electron chi connectivity index (χ1n) is 9.64. The van der Waals surface area contributed by atoms with Gasteiger partial charge in [0.2, 0.25) is 5.88 Å². The molecule has 9 heteroatoms. The van der Waals surface area contributed by atoms with Gasteiger partial charge < -0.3 is 9.47 Å². The van der Waals surface area contributed by atoms with Gasteiger partial charge >= 0.3 is 5.97 Å². The van der Waals surface area contributed by atoms with Crippen LogP contribution in [-0.4, -0.2) is 49.2 Å². The van der Waals surface area contributed by atoms with Crippen LogP contribution in [0.3, 0.4) is 0 Å². The van der Waals surface area contributed by atoms with Gasteiger partial charge in [-0.2, -0.15) is 15.2 Å². The first-order valence-corrected chi connectivity index (χ1v) is 9.64. The Labute approximate surface area is 163 Å². The maximum absolute atomic E-state index is 11.9. The third-order valence-electron chi connectivity index (χ3n) is 4.48. The smallest absolute Gasteiger partial charge is 0.341 e. The Morgan fingerprint density at radius 1 is 1.11 bits per heavy atom. The fourth-order valence-electron chi connectivity index (χ4n) is 3.25. The average molecular weight is 386 g/mol. The Hall–Kier alpha value is -2.97. The van der Waals surface area contributed by atoms with Gasteiger partial charge in [0.25, 0.3) is 5.95 Å². The largest absolute Gasteiger partial charge is 0.479 e. The molecule has 0 aliphatic rings. The molecule has 0 N–H and O–H groups in total. The number of hydrogen-bond donors (Lipinski definition) is 0. The van der Waals surface area contributed by atoms with Crippen molar-refractivity contribution in [2.24, 2.45) is 0 Å². The zero-order chi connectivity index (χ0) is 20.1. The third-order valence-corrected chi connectivity index (χ3v) is 4.48. The molecule has 0 radical (unpaired) electrons. The van der Waals surface area contributed by atoms with Gasteiger partial charge in [-0.1, -0.05) is 26.7 Å². The Kier molecular flexibility index (Phi) is 6.23. The number of fused-ring (bicyclic) bond motifs is 1. The van der Waals surface area contributed by atoms with Crippen LogP contribution in [0.2, 0.25) is 0 Å². The molecule has 3 rings (SSSR count). The molecule has 0 atom stereocenters. The summed E-state index contributed by atoms with van der Waals surface area (Å²) in [4.78, 5) is 20.9. The molecule has 0 saturated carbocycles. The molecule has 150 valence electrons. The van der Waals surface area contributed by atoms with Gasteiger partial charge in [0, 0.05) is 6.20 Å². The lowest BCUT2D eigenvalue weighted by Gasteiger charge is -2.17. The molecule has 3 aromatic heterocycles. The van der Waals surface area contributed by atoms with E-state index in [0.29, 0.717) is 29.5 Å². The van der Waals surface area contributed by atoms with E-state index in [2.05, 4.69) is 34.0 Å². The monoisotopic (exact) mass is 386 g/mol. The van der Waals surface area contributed by atoms with Crippen LogP contribution in [0.5, 0.6) is 5.88 Å². The van der Waals surface area contributed by atoms with Gasteiger partial charge in [-0.25, -0.2) is 14.5 Å². The van der Waals surface area contributed by atoms with Crippen LogP contribution in [0.1, 0.15) is 62.9 Å². The number of methoxy groups -OCH3 is 1. The number of carbonyl (C=O) groups is 1. The Bertz CT molecular complexity index is 942. The van der Waals surface area contributed by atoms with E-state index < -0.39 is 5.97 Å². The summed E-state index contributed by atoms with van der Waals surface area (Å²) in [6, 6.07) is 0.274. The van der Waals surface area contributed by atoms with Crippen molar-refractivity contribution >= 4 is 17.0 Å². The van der Waals surface area contributed by atoms with E-state index in [1.807, 2.05) is 4.68 Å². The summed E-state index contributed by atoms with van der Waals surface area (Å²) in [5, 5.41) is 8.75. The van der Waals surface area contributed by atoms with Gasteiger partial charge in [0.05, 0.1) is 37.7 Å². The molecule has 0 aromatic carbocycles. The minimum absolute atomic E-state index is 0.274. The molecule has 9 nitrogen and oxygen atoms in total. The molecule has 3 aromatic rings. The van der Waals surface area contributed by atoms with Crippen molar-refractivity contribution in [3.8, 4) is 11.8 Å². The van der Waals surface area contributed by atoms with Gasteiger partial charge in [-0.15, -0.1) is 0 Å². The standard InChI is InChI=1S/C19H26N6O3/c1-5-8-14(9-6-2)25-16-15(11-21-25)22-19(23-17(16)27-4)24-12-13(10-20-24)18(26)28-7-3/h10-12,14H,5-9H2,1-4H3. The Morgan fingerprint density at radius 2 is 1.86 bits per heavy atom. The zero-order valence-corrected chi connectivity index (χ0v) is 16.8.